The molecule has 17 heavy (non-hydrogen) atoms. The van der Waals surface area contributed by atoms with E-state index in [4.69, 9.17) is 5.11 Å². The summed E-state index contributed by atoms with van der Waals surface area (Å²) in [7, 11) is 1.56. The summed E-state index contributed by atoms with van der Waals surface area (Å²) in [6, 6.07) is 0.490. The van der Waals surface area contributed by atoms with Crippen LogP contribution in [0.4, 0.5) is 19.0 Å². The summed E-state index contributed by atoms with van der Waals surface area (Å²) in [5.41, 5.74) is 0. The van der Waals surface area contributed by atoms with Crippen molar-refractivity contribution < 1.29 is 18.3 Å². The topological polar surface area (TPSA) is 36.4 Å². The number of aromatic nitrogens is 1. The van der Waals surface area contributed by atoms with Gasteiger partial charge in [-0.05, 0) is 18.8 Å². The van der Waals surface area contributed by atoms with Crippen LogP contribution in [0.1, 0.15) is 12.8 Å². The number of rotatable bonds is 3. The summed E-state index contributed by atoms with van der Waals surface area (Å²) >= 11 is 0. The number of pyridine rings is 1. The highest BCUT2D eigenvalue weighted by atomic mass is 19.2. The standard InChI is InChI=1S/C11H13F3N2O/c1-16(5-6-2-7(17)3-6)11-9(13)4-8(12)10(14)15-11/h4,6-7,17H,2-3,5H2,1H3. The Morgan fingerprint density at radius 1 is 1.35 bits per heavy atom. The Morgan fingerprint density at radius 3 is 2.59 bits per heavy atom. The van der Waals surface area contributed by atoms with Crippen molar-refractivity contribution in [3.8, 4) is 0 Å². The highest BCUT2D eigenvalue weighted by molar-refractivity contribution is 5.39. The normalized spacial score (nSPS) is 23.4. The third-order valence-corrected chi connectivity index (χ3v) is 2.97. The van der Waals surface area contributed by atoms with Gasteiger partial charge in [-0.2, -0.15) is 9.37 Å². The van der Waals surface area contributed by atoms with E-state index >= 15 is 0 Å². The zero-order valence-electron chi connectivity index (χ0n) is 9.33. The first-order valence-electron chi connectivity index (χ1n) is 5.38. The van der Waals surface area contributed by atoms with Gasteiger partial charge < -0.3 is 10.0 Å². The molecule has 1 aromatic rings. The van der Waals surface area contributed by atoms with Gasteiger partial charge in [0.2, 0.25) is 0 Å². The van der Waals surface area contributed by atoms with Crippen molar-refractivity contribution >= 4 is 5.82 Å². The van der Waals surface area contributed by atoms with Gasteiger partial charge in [0.15, 0.2) is 17.5 Å². The van der Waals surface area contributed by atoms with E-state index in [0.717, 1.165) is 0 Å². The van der Waals surface area contributed by atoms with Gasteiger partial charge in [-0.25, -0.2) is 8.78 Å². The summed E-state index contributed by atoms with van der Waals surface area (Å²) in [6.07, 6.45) is 1.00. The zero-order chi connectivity index (χ0) is 12.6. The molecular formula is C11H13F3N2O. The molecule has 1 aliphatic rings. The molecule has 0 spiro atoms. The Bertz CT molecular complexity index is 421. The van der Waals surface area contributed by atoms with Crippen LogP contribution in [0.25, 0.3) is 0 Å². The number of aliphatic hydroxyl groups excluding tert-OH is 1. The van der Waals surface area contributed by atoms with Crippen LogP contribution < -0.4 is 4.90 Å². The average Bonchev–Trinajstić information content (AvgIpc) is 2.21. The molecule has 94 valence electrons. The summed E-state index contributed by atoms with van der Waals surface area (Å²) in [5.74, 6) is -3.44. The molecule has 0 unspecified atom stereocenters. The highest BCUT2D eigenvalue weighted by Gasteiger charge is 2.29. The van der Waals surface area contributed by atoms with E-state index in [0.29, 0.717) is 25.5 Å². The molecule has 3 nitrogen and oxygen atoms in total. The molecule has 1 aliphatic carbocycles. The molecule has 6 heteroatoms. The Morgan fingerprint density at radius 2 is 2.00 bits per heavy atom. The highest BCUT2D eigenvalue weighted by Crippen LogP contribution is 2.29. The van der Waals surface area contributed by atoms with E-state index in [9.17, 15) is 13.2 Å². The second-order valence-corrected chi connectivity index (χ2v) is 4.44. The lowest BCUT2D eigenvalue weighted by atomic mass is 9.82. The van der Waals surface area contributed by atoms with Crippen molar-refractivity contribution in [2.24, 2.45) is 5.92 Å². The van der Waals surface area contributed by atoms with Crippen molar-refractivity contribution in [2.75, 3.05) is 18.5 Å². The van der Waals surface area contributed by atoms with Crippen LogP contribution in [0.5, 0.6) is 0 Å². The molecule has 0 radical (unpaired) electrons. The van der Waals surface area contributed by atoms with E-state index in [1.54, 1.807) is 7.05 Å². The minimum Gasteiger partial charge on any atom is -0.393 e. The monoisotopic (exact) mass is 246 g/mol. The largest absolute Gasteiger partial charge is 0.393 e. The molecule has 1 fully saturated rings. The van der Waals surface area contributed by atoms with Crippen molar-refractivity contribution in [3.63, 3.8) is 0 Å². The fraction of sp³-hybridized carbons (Fsp3) is 0.545. The van der Waals surface area contributed by atoms with E-state index < -0.39 is 17.6 Å². The molecule has 1 heterocycles. The van der Waals surface area contributed by atoms with Gasteiger partial charge in [0.05, 0.1) is 6.10 Å². The number of anilines is 1. The molecule has 0 bridgehead atoms. The molecule has 0 atom stereocenters. The van der Waals surface area contributed by atoms with Crippen LogP contribution in [0, 0.1) is 23.5 Å². The van der Waals surface area contributed by atoms with Crippen molar-refractivity contribution in [2.45, 2.75) is 18.9 Å². The zero-order valence-corrected chi connectivity index (χ0v) is 9.33. The lowest BCUT2D eigenvalue weighted by Crippen LogP contribution is -2.37. The molecule has 0 saturated heterocycles. The van der Waals surface area contributed by atoms with Crippen molar-refractivity contribution in [3.05, 3.63) is 23.6 Å². The summed E-state index contributed by atoms with van der Waals surface area (Å²) in [6.45, 7) is 0.464. The Kier molecular flexibility index (Phi) is 3.24. The minimum absolute atomic E-state index is 0.203. The first-order valence-corrected chi connectivity index (χ1v) is 5.38. The van der Waals surface area contributed by atoms with Gasteiger partial charge in [-0.1, -0.05) is 0 Å². The maximum atomic E-state index is 13.4. The lowest BCUT2D eigenvalue weighted by molar-refractivity contribution is 0.0463. The van der Waals surface area contributed by atoms with Gasteiger partial charge in [0, 0.05) is 19.7 Å². The predicted molar refractivity (Wildman–Crippen MR) is 56.1 cm³/mol. The van der Waals surface area contributed by atoms with Crippen LogP contribution in [-0.4, -0.2) is 29.8 Å². The molecule has 0 aliphatic heterocycles. The number of nitrogens with zero attached hydrogens (tertiary/aromatic N) is 2. The van der Waals surface area contributed by atoms with Gasteiger partial charge >= 0.3 is 0 Å². The van der Waals surface area contributed by atoms with Gasteiger partial charge in [0.1, 0.15) is 0 Å². The van der Waals surface area contributed by atoms with Crippen LogP contribution in [0.2, 0.25) is 0 Å². The number of hydrogen-bond acceptors (Lipinski definition) is 3. The maximum Gasteiger partial charge on any atom is 0.251 e. The third kappa shape index (κ3) is 2.52. The number of halogens is 3. The molecule has 2 rings (SSSR count). The van der Waals surface area contributed by atoms with Crippen LogP contribution in [0.3, 0.4) is 0 Å². The average molecular weight is 246 g/mol. The summed E-state index contributed by atoms with van der Waals surface area (Å²) in [5, 5.41) is 9.12. The first kappa shape index (κ1) is 12.2. The molecule has 1 saturated carbocycles. The van der Waals surface area contributed by atoms with Gasteiger partial charge in [-0.3, -0.25) is 0 Å². The van der Waals surface area contributed by atoms with Crippen LogP contribution >= 0.6 is 0 Å². The Balaban J connectivity index is 2.08. The smallest absolute Gasteiger partial charge is 0.251 e. The van der Waals surface area contributed by atoms with Gasteiger partial charge in [0.25, 0.3) is 5.95 Å². The van der Waals surface area contributed by atoms with E-state index in [1.165, 1.54) is 4.90 Å². The van der Waals surface area contributed by atoms with Crippen LogP contribution in [-0.2, 0) is 0 Å². The van der Waals surface area contributed by atoms with E-state index in [1.807, 2.05) is 0 Å². The second-order valence-electron chi connectivity index (χ2n) is 4.44. The Hall–Kier alpha value is -1.30. The van der Waals surface area contributed by atoms with E-state index in [-0.39, 0.29) is 17.8 Å². The third-order valence-electron chi connectivity index (χ3n) is 2.97. The number of hydrogen-bond donors (Lipinski definition) is 1. The minimum atomic E-state index is -1.30. The summed E-state index contributed by atoms with van der Waals surface area (Å²) < 4.78 is 39.0. The first-order chi connectivity index (χ1) is 7.97. The molecule has 1 aromatic heterocycles. The predicted octanol–water partition coefficient (Wildman–Crippen LogP) is 1.71. The van der Waals surface area contributed by atoms with Crippen LogP contribution in [0.15, 0.2) is 6.07 Å². The quantitative estimate of drug-likeness (QED) is 0.825. The maximum absolute atomic E-state index is 13.4. The van der Waals surface area contributed by atoms with Gasteiger partial charge in [-0.15, -0.1) is 0 Å². The van der Waals surface area contributed by atoms with E-state index in [2.05, 4.69) is 4.98 Å². The second kappa shape index (κ2) is 4.52. The molecular weight excluding hydrogens is 233 g/mol. The molecule has 0 aromatic carbocycles. The molecule has 1 N–H and O–H groups in total. The Labute approximate surface area is 96.9 Å². The van der Waals surface area contributed by atoms with Crippen molar-refractivity contribution in [1.82, 2.24) is 4.98 Å². The number of aliphatic hydroxyl groups is 1. The summed E-state index contributed by atoms with van der Waals surface area (Å²) in [4.78, 5) is 4.69. The fourth-order valence-corrected chi connectivity index (χ4v) is 2.03. The SMILES string of the molecule is CN(CC1CC(O)C1)c1nc(F)c(F)cc1F. The molecule has 0 amide bonds. The lowest BCUT2D eigenvalue weighted by Gasteiger charge is -2.34. The fourth-order valence-electron chi connectivity index (χ4n) is 2.03. The van der Waals surface area contributed by atoms with Crippen molar-refractivity contribution in [1.29, 1.82) is 0 Å².